The van der Waals surface area contributed by atoms with Gasteiger partial charge in [-0.25, -0.2) is 0 Å². The first-order valence-corrected chi connectivity index (χ1v) is 8.10. The largest absolute Gasteiger partial charge is 0.399 e. The van der Waals surface area contributed by atoms with E-state index in [0.29, 0.717) is 0 Å². The third-order valence-corrected chi connectivity index (χ3v) is 3.96. The molecule has 23 heavy (non-hydrogen) atoms. The first-order valence-electron chi connectivity index (χ1n) is 8.10. The van der Waals surface area contributed by atoms with Crippen molar-refractivity contribution in [1.29, 1.82) is 0 Å². The highest BCUT2D eigenvalue weighted by Gasteiger charge is 2.12. The van der Waals surface area contributed by atoms with Gasteiger partial charge in [-0.1, -0.05) is 44.2 Å². The van der Waals surface area contributed by atoms with Gasteiger partial charge in [0.25, 0.3) is 0 Å². The molecule has 1 heterocycles. The monoisotopic (exact) mass is 302 g/mol. The van der Waals surface area contributed by atoms with E-state index in [2.05, 4.69) is 66.1 Å². The Kier molecular flexibility index (Phi) is 4.07. The number of hydrogen-bond acceptors (Lipinski definition) is 1. The van der Waals surface area contributed by atoms with Crippen molar-refractivity contribution in [3.8, 4) is 5.69 Å². The van der Waals surface area contributed by atoms with Crippen molar-refractivity contribution in [2.24, 2.45) is 0 Å². The van der Waals surface area contributed by atoms with Crippen LogP contribution in [0.2, 0.25) is 0 Å². The van der Waals surface area contributed by atoms with Crippen molar-refractivity contribution in [3.05, 3.63) is 72.3 Å². The SMILES string of the molecule is CC.Cc1ccc2c3cc(N)ccc3n(-c3ccccc3)c2c1. The number of fused-ring (bicyclic) bond motifs is 3. The Morgan fingerprint density at radius 1 is 0.739 bits per heavy atom. The van der Waals surface area contributed by atoms with Crippen LogP contribution in [0.4, 0.5) is 5.69 Å². The van der Waals surface area contributed by atoms with Crippen LogP contribution in [0.3, 0.4) is 0 Å². The lowest BCUT2D eigenvalue weighted by molar-refractivity contribution is 1.18. The van der Waals surface area contributed by atoms with Gasteiger partial charge in [0.1, 0.15) is 0 Å². The molecule has 0 aliphatic heterocycles. The summed E-state index contributed by atoms with van der Waals surface area (Å²) >= 11 is 0. The number of aromatic nitrogens is 1. The number of benzene rings is 3. The van der Waals surface area contributed by atoms with Crippen LogP contribution in [0, 0.1) is 6.92 Å². The first-order chi connectivity index (χ1) is 11.2. The van der Waals surface area contributed by atoms with Crippen LogP contribution in [0.1, 0.15) is 19.4 Å². The van der Waals surface area contributed by atoms with Crippen LogP contribution in [-0.4, -0.2) is 4.57 Å². The summed E-state index contributed by atoms with van der Waals surface area (Å²) in [5, 5.41) is 2.45. The molecular weight excluding hydrogens is 280 g/mol. The van der Waals surface area contributed by atoms with Gasteiger partial charge in [-0.3, -0.25) is 0 Å². The van der Waals surface area contributed by atoms with Crippen LogP contribution >= 0.6 is 0 Å². The van der Waals surface area contributed by atoms with Gasteiger partial charge in [0.05, 0.1) is 11.0 Å². The van der Waals surface area contributed by atoms with Crippen molar-refractivity contribution in [2.75, 3.05) is 5.73 Å². The number of nitrogens with two attached hydrogens (primary N) is 1. The molecule has 0 fully saturated rings. The number of nitrogens with zero attached hydrogens (tertiary/aromatic N) is 1. The molecule has 0 atom stereocenters. The zero-order chi connectivity index (χ0) is 16.4. The van der Waals surface area contributed by atoms with E-state index in [-0.39, 0.29) is 0 Å². The van der Waals surface area contributed by atoms with E-state index in [9.17, 15) is 0 Å². The summed E-state index contributed by atoms with van der Waals surface area (Å²) in [5.74, 6) is 0. The first kappa shape index (κ1) is 15.2. The average Bonchev–Trinajstić information content (AvgIpc) is 2.90. The molecule has 1 aromatic heterocycles. The summed E-state index contributed by atoms with van der Waals surface area (Å²) in [5.41, 5.74) is 11.6. The van der Waals surface area contributed by atoms with E-state index in [1.54, 1.807) is 0 Å². The van der Waals surface area contributed by atoms with E-state index in [1.165, 1.54) is 33.1 Å². The maximum absolute atomic E-state index is 5.98. The van der Waals surface area contributed by atoms with Crippen molar-refractivity contribution in [1.82, 2.24) is 4.57 Å². The van der Waals surface area contributed by atoms with Gasteiger partial charge in [0.2, 0.25) is 0 Å². The maximum Gasteiger partial charge on any atom is 0.0543 e. The number of nitrogen functional groups attached to an aromatic ring is 1. The zero-order valence-corrected chi connectivity index (χ0v) is 13.9. The number of anilines is 1. The van der Waals surface area contributed by atoms with Gasteiger partial charge < -0.3 is 10.3 Å². The Bertz CT molecular complexity index is 950. The molecule has 0 radical (unpaired) electrons. The van der Waals surface area contributed by atoms with Crippen LogP contribution in [0.5, 0.6) is 0 Å². The van der Waals surface area contributed by atoms with Gasteiger partial charge in [-0.05, 0) is 48.9 Å². The third-order valence-electron chi connectivity index (χ3n) is 3.96. The highest BCUT2D eigenvalue weighted by atomic mass is 15.0. The number of rotatable bonds is 1. The lowest BCUT2D eigenvalue weighted by Gasteiger charge is -2.07. The number of para-hydroxylation sites is 1. The van der Waals surface area contributed by atoms with E-state index in [1.807, 2.05) is 26.0 Å². The molecule has 4 rings (SSSR count). The topological polar surface area (TPSA) is 30.9 Å². The molecular formula is C21H22N2. The molecule has 3 aromatic carbocycles. The molecule has 0 unspecified atom stereocenters. The Hall–Kier alpha value is -2.74. The molecule has 0 saturated carbocycles. The minimum absolute atomic E-state index is 0.801. The molecule has 0 amide bonds. The van der Waals surface area contributed by atoms with Crippen LogP contribution in [0.15, 0.2) is 66.7 Å². The molecule has 2 nitrogen and oxygen atoms in total. The fourth-order valence-corrected chi connectivity index (χ4v) is 3.00. The second-order valence-electron chi connectivity index (χ2n) is 5.47. The predicted molar refractivity (Wildman–Crippen MR) is 101 cm³/mol. The van der Waals surface area contributed by atoms with Crippen LogP contribution in [0.25, 0.3) is 27.5 Å². The second kappa shape index (κ2) is 6.17. The molecule has 0 saturated heterocycles. The fraction of sp³-hybridized carbons (Fsp3) is 0.143. The molecule has 0 bridgehead atoms. The van der Waals surface area contributed by atoms with E-state index < -0.39 is 0 Å². The van der Waals surface area contributed by atoms with Crippen molar-refractivity contribution < 1.29 is 0 Å². The molecule has 0 aliphatic carbocycles. The fourth-order valence-electron chi connectivity index (χ4n) is 3.00. The molecule has 4 aromatic rings. The quantitative estimate of drug-likeness (QED) is 0.449. The van der Waals surface area contributed by atoms with Gasteiger partial charge >= 0.3 is 0 Å². The van der Waals surface area contributed by atoms with Crippen molar-refractivity contribution in [3.63, 3.8) is 0 Å². The van der Waals surface area contributed by atoms with Gasteiger partial charge in [0.15, 0.2) is 0 Å². The summed E-state index contributed by atoms with van der Waals surface area (Å²) in [7, 11) is 0. The van der Waals surface area contributed by atoms with E-state index in [4.69, 9.17) is 5.73 Å². The van der Waals surface area contributed by atoms with Crippen LogP contribution in [-0.2, 0) is 0 Å². The lowest BCUT2D eigenvalue weighted by Crippen LogP contribution is -1.93. The smallest absolute Gasteiger partial charge is 0.0543 e. The van der Waals surface area contributed by atoms with Crippen molar-refractivity contribution >= 4 is 27.5 Å². The Labute approximate surface area is 137 Å². The molecule has 0 spiro atoms. The van der Waals surface area contributed by atoms with E-state index in [0.717, 1.165) is 5.69 Å². The predicted octanol–water partition coefficient (Wildman–Crippen LogP) is 5.70. The average molecular weight is 302 g/mol. The number of hydrogen-bond donors (Lipinski definition) is 1. The molecule has 2 heteroatoms. The molecule has 0 aliphatic rings. The van der Waals surface area contributed by atoms with Gasteiger partial charge in [-0.2, -0.15) is 0 Å². The Morgan fingerprint density at radius 3 is 2.22 bits per heavy atom. The summed E-state index contributed by atoms with van der Waals surface area (Å²) < 4.78 is 2.30. The maximum atomic E-state index is 5.98. The minimum Gasteiger partial charge on any atom is -0.399 e. The zero-order valence-electron chi connectivity index (χ0n) is 13.9. The summed E-state index contributed by atoms with van der Waals surface area (Å²) in [6.45, 7) is 6.13. The molecule has 116 valence electrons. The standard InChI is InChI=1S/C19H16N2.C2H6/c1-13-7-9-16-17-12-14(20)8-10-18(17)21(19(16)11-13)15-5-3-2-4-6-15;1-2/h2-12H,20H2,1H3;1-2H3. The van der Waals surface area contributed by atoms with Gasteiger partial charge in [0, 0.05) is 22.1 Å². The molecule has 2 N–H and O–H groups in total. The summed E-state index contributed by atoms with van der Waals surface area (Å²) in [4.78, 5) is 0. The highest BCUT2D eigenvalue weighted by molar-refractivity contribution is 6.10. The highest BCUT2D eigenvalue weighted by Crippen LogP contribution is 2.33. The van der Waals surface area contributed by atoms with Gasteiger partial charge in [-0.15, -0.1) is 0 Å². The minimum atomic E-state index is 0.801. The second-order valence-corrected chi connectivity index (χ2v) is 5.47. The van der Waals surface area contributed by atoms with Crippen molar-refractivity contribution in [2.45, 2.75) is 20.8 Å². The number of aryl methyl sites for hydroxylation is 1. The summed E-state index contributed by atoms with van der Waals surface area (Å²) in [6, 6.07) is 23.2. The Balaban J connectivity index is 0.000000753. The Morgan fingerprint density at radius 2 is 1.48 bits per heavy atom. The lowest BCUT2D eigenvalue weighted by atomic mass is 10.1. The normalized spacial score (nSPS) is 10.6. The van der Waals surface area contributed by atoms with Crippen LogP contribution < -0.4 is 5.73 Å². The van der Waals surface area contributed by atoms with E-state index >= 15 is 0 Å². The summed E-state index contributed by atoms with van der Waals surface area (Å²) in [6.07, 6.45) is 0. The third kappa shape index (κ3) is 2.57.